The fraction of sp³-hybridized carbons (Fsp3) is 0.400. The molecule has 1 aromatic heterocycles. The molecule has 0 fully saturated rings. The molecule has 0 saturated carbocycles. The van der Waals surface area contributed by atoms with E-state index in [1.807, 2.05) is 11.6 Å². The molecule has 21 heavy (non-hydrogen) atoms. The second kappa shape index (κ2) is 7.25. The van der Waals surface area contributed by atoms with Gasteiger partial charge in [-0.2, -0.15) is 5.10 Å². The van der Waals surface area contributed by atoms with E-state index in [4.69, 9.17) is 23.2 Å². The van der Waals surface area contributed by atoms with Crippen LogP contribution in [0.25, 0.3) is 0 Å². The molecule has 3 nitrogen and oxygen atoms in total. The van der Waals surface area contributed by atoms with E-state index in [0.717, 1.165) is 18.7 Å². The lowest BCUT2D eigenvalue weighted by molar-refractivity contribution is 0.502. The number of hydrogen-bond acceptors (Lipinski definition) is 2. The number of rotatable bonds is 6. The Bertz CT molecular complexity index is 613. The largest absolute Gasteiger partial charge is 0.305 e. The number of aromatic nitrogens is 2. The van der Waals surface area contributed by atoms with Gasteiger partial charge in [0.15, 0.2) is 0 Å². The number of nitrogens with zero attached hydrogens (tertiary/aromatic N) is 2. The predicted octanol–water partition coefficient (Wildman–Crippen LogP) is 4.44. The molecule has 114 valence electrons. The summed E-state index contributed by atoms with van der Waals surface area (Å²) in [5.74, 6) is -0.353. The quantitative estimate of drug-likeness (QED) is 0.849. The Kier molecular flexibility index (Phi) is 5.62. The molecule has 1 atom stereocenters. The molecule has 1 heterocycles. The normalized spacial score (nSPS) is 12.6. The highest BCUT2D eigenvalue weighted by atomic mass is 35.5. The van der Waals surface area contributed by atoms with E-state index in [1.165, 1.54) is 6.07 Å². The summed E-state index contributed by atoms with van der Waals surface area (Å²) in [6.45, 7) is 5.44. The monoisotopic (exact) mass is 329 g/mol. The smallest absolute Gasteiger partial charge is 0.129 e. The topological polar surface area (TPSA) is 29.9 Å². The van der Waals surface area contributed by atoms with Crippen LogP contribution in [0.1, 0.15) is 37.6 Å². The molecule has 0 radical (unpaired) electrons. The molecule has 0 bridgehead atoms. The summed E-state index contributed by atoms with van der Waals surface area (Å²) in [4.78, 5) is 0. The van der Waals surface area contributed by atoms with Gasteiger partial charge in [-0.25, -0.2) is 4.39 Å². The summed E-state index contributed by atoms with van der Waals surface area (Å²) in [7, 11) is 0. The summed E-state index contributed by atoms with van der Waals surface area (Å²) in [5, 5.41) is 8.46. The molecule has 0 aliphatic carbocycles. The van der Waals surface area contributed by atoms with Gasteiger partial charge in [0.25, 0.3) is 0 Å². The van der Waals surface area contributed by atoms with Crippen molar-refractivity contribution in [3.63, 3.8) is 0 Å². The highest BCUT2D eigenvalue weighted by molar-refractivity contribution is 6.31. The highest BCUT2D eigenvalue weighted by Crippen LogP contribution is 2.31. The minimum Gasteiger partial charge on any atom is -0.305 e. The van der Waals surface area contributed by atoms with Crippen LogP contribution in [0.5, 0.6) is 0 Å². The fourth-order valence-corrected chi connectivity index (χ4v) is 2.75. The van der Waals surface area contributed by atoms with Crippen LogP contribution in [0.4, 0.5) is 4.39 Å². The molecule has 1 aromatic carbocycles. The van der Waals surface area contributed by atoms with Crippen molar-refractivity contribution in [1.29, 1.82) is 0 Å². The van der Waals surface area contributed by atoms with E-state index < -0.39 is 0 Å². The van der Waals surface area contributed by atoms with Crippen molar-refractivity contribution in [2.24, 2.45) is 0 Å². The van der Waals surface area contributed by atoms with Crippen LogP contribution in [0.3, 0.4) is 0 Å². The van der Waals surface area contributed by atoms with Crippen molar-refractivity contribution in [3.8, 4) is 0 Å². The average Bonchev–Trinajstić information content (AvgIpc) is 2.79. The minimum atomic E-state index is -0.353. The third-order valence-electron chi connectivity index (χ3n) is 3.22. The molecular weight excluding hydrogens is 312 g/mol. The minimum absolute atomic E-state index is 0.353. The maximum atomic E-state index is 14.3. The molecule has 6 heteroatoms. The second-order valence-electron chi connectivity index (χ2n) is 4.76. The lowest BCUT2D eigenvalue weighted by Crippen LogP contribution is -2.26. The second-order valence-corrected chi connectivity index (χ2v) is 5.60. The highest BCUT2D eigenvalue weighted by Gasteiger charge is 2.24. The first kappa shape index (κ1) is 16.3. The molecular formula is C15H18Cl2FN3. The zero-order valence-corrected chi connectivity index (χ0v) is 13.5. The van der Waals surface area contributed by atoms with E-state index in [2.05, 4.69) is 17.3 Å². The maximum absolute atomic E-state index is 14.3. The van der Waals surface area contributed by atoms with Crippen molar-refractivity contribution in [2.45, 2.75) is 32.9 Å². The summed E-state index contributed by atoms with van der Waals surface area (Å²) in [6.07, 6.45) is 2.53. The molecule has 1 N–H and O–H groups in total. The van der Waals surface area contributed by atoms with Gasteiger partial charge < -0.3 is 5.32 Å². The Morgan fingerprint density at radius 2 is 2.10 bits per heavy atom. The fourth-order valence-electron chi connectivity index (χ4n) is 2.34. The van der Waals surface area contributed by atoms with Gasteiger partial charge in [0.2, 0.25) is 0 Å². The summed E-state index contributed by atoms with van der Waals surface area (Å²) in [6, 6.07) is 4.33. The van der Waals surface area contributed by atoms with E-state index >= 15 is 0 Å². The Balaban J connectivity index is 2.50. The summed E-state index contributed by atoms with van der Waals surface area (Å²) in [5.41, 5.74) is 1.29. The van der Waals surface area contributed by atoms with Gasteiger partial charge in [-0.1, -0.05) is 43.1 Å². The van der Waals surface area contributed by atoms with Crippen molar-refractivity contribution in [3.05, 3.63) is 51.5 Å². The Morgan fingerprint density at radius 3 is 2.71 bits per heavy atom. The van der Waals surface area contributed by atoms with E-state index in [0.29, 0.717) is 22.2 Å². The van der Waals surface area contributed by atoms with Crippen molar-refractivity contribution in [2.75, 3.05) is 6.54 Å². The van der Waals surface area contributed by atoms with E-state index in [9.17, 15) is 4.39 Å². The number of benzene rings is 1. The zero-order valence-electron chi connectivity index (χ0n) is 12.0. The number of hydrogen-bond donors (Lipinski definition) is 1. The van der Waals surface area contributed by atoms with Crippen LogP contribution >= 0.6 is 23.2 Å². The lowest BCUT2D eigenvalue weighted by Gasteiger charge is -2.21. The Morgan fingerprint density at radius 1 is 1.33 bits per heavy atom. The van der Waals surface area contributed by atoms with Crippen molar-refractivity contribution >= 4 is 23.2 Å². The Labute approximate surface area is 134 Å². The molecule has 1 unspecified atom stereocenters. The first-order chi connectivity index (χ1) is 10.1. The van der Waals surface area contributed by atoms with Gasteiger partial charge in [0.05, 0.1) is 23.0 Å². The molecule has 0 aliphatic rings. The predicted molar refractivity (Wildman–Crippen MR) is 84.5 cm³/mol. The molecule has 2 aromatic rings. The van der Waals surface area contributed by atoms with Crippen LogP contribution in [0.15, 0.2) is 24.4 Å². The third kappa shape index (κ3) is 3.57. The third-order valence-corrected chi connectivity index (χ3v) is 3.75. The van der Waals surface area contributed by atoms with Crippen LogP contribution in [0, 0.1) is 5.82 Å². The van der Waals surface area contributed by atoms with E-state index in [-0.39, 0.29) is 11.9 Å². The van der Waals surface area contributed by atoms with Crippen LogP contribution in [-0.4, -0.2) is 16.3 Å². The van der Waals surface area contributed by atoms with Crippen molar-refractivity contribution in [1.82, 2.24) is 15.1 Å². The van der Waals surface area contributed by atoms with E-state index in [1.54, 1.807) is 18.3 Å². The number of nitrogens with one attached hydrogen (secondary N) is 1. The SMILES string of the molecule is CCCn1ncc(Cl)c1C(NCC)c1ccc(Cl)cc1F. The summed E-state index contributed by atoms with van der Waals surface area (Å²) < 4.78 is 16.1. The number of aryl methyl sites for hydroxylation is 1. The first-order valence-corrected chi connectivity index (χ1v) is 7.73. The standard InChI is InChI=1S/C15H18Cl2FN3/c1-3-7-21-15(12(17)9-20-21)14(19-4-2)11-6-5-10(16)8-13(11)18/h5-6,8-9,14,19H,3-4,7H2,1-2H3. The average molecular weight is 330 g/mol. The zero-order chi connectivity index (χ0) is 15.4. The molecule has 0 amide bonds. The first-order valence-electron chi connectivity index (χ1n) is 6.98. The summed E-state index contributed by atoms with van der Waals surface area (Å²) >= 11 is 12.1. The van der Waals surface area contributed by atoms with Gasteiger partial charge in [0, 0.05) is 17.1 Å². The molecule has 0 saturated heterocycles. The number of halogens is 3. The maximum Gasteiger partial charge on any atom is 0.129 e. The van der Waals surface area contributed by atoms with Gasteiger partial charge in [-0.15, -0.1) is 0 Å². The van der Waals surface area contributed by atoms with Crippen molar-refractivity contribution < 1.29 is 4.39 Å². The van der Waals surface area contributed by atoms with Crippen LogP contribution < -0.4 is 5.32 Å². The Hall–Kier alpha value is -1.10. The lowest BCUT2D eigenvalue weighted by atomic mass is 10.0. The van der Waals surface area contributed by atoms with Gasteiger partial charge in [0.1, 0.15) is 5.82 Å². The van der Waals surface area contributed by atoms with Crippen LogP contribution in [-0.2, 0) is 6.54 Å². The molecule has 0 aliphatic heterocycles. The van der Waals surface area contributed by atoms with Gasteiger partial charge in [-0.05, 0) is 25.1 Å². The van der Waals surface area contributed by atoms with Gasteiger partial charge in [-0.3, -0.25) is 4.68 Å². The molecule has 2 rings (SSSR count). The van der Waals surface area contributed by atoms with Crippen LogP contribution in [0.2, 0.25) is 10.0 Å². The van der Waals surface area contributed by atoms with Gasteiger partial charge >= 0.3 is 0 Å². The molecule has 0 spiro atoms.